The molecule has 6 heteroatoms. The second kappa shape index (κ2) is 47.5. The molecule has 0 bridgehead atoms. The lowest BCUT2D eigenvalue weighted by atomic mass is 9.99. The molecule has 0 aliphatic heterocycles. The van der Waals surface area contributed by atoms with Crippen LogP contribution in [-0.2, 0) is 28.6 Å². The highest BCUT2D eigenvalue weighted by molar-refractivity contribution is 5.71. The lowest BCUT2D eigenvalue weighted by Gasteiger charge is -2.18. The number of hydrogen-bond acceptors (Lipinski definition) is 6. The van der Waals surface area contributed by atoms with Crippen LogP contribution in [0, 0.1) is 5.92 Å². The molecule has 350 valence electrons. The zero-order chi connectivity index (χ0) is 43.1. The van der Waals surface area contributed by atoms with Gasteiger partial charge in [-0.1, -0.05) is 259 Å². The van der Waals surface area contributed by atoms with E-state index in [1.54, 1.807) is 0 Å². The maximum Gasteiger partial charge on any atom is 0.306 e. The number of ether oxygens (including phenoxy) is 3. The Hall–Kier alpha value is -1.59. The van der Waals surface area contributed by atoms with Gasteiger partial charge in [0.1, 0.15) is 13.2 Å². The van der Waals surface area contributed by atoms with Crippen molar-refractivity contribution in [1.29, 1.82) is 0 Å². The molecule has 2 atom stereocenters. The summed E-state index contributed by atoms with van der Waals surface area (Å²) in [5.74, 6) is 0.00418. The highest BCUT2D eigenvalue weighted by Gasteiger charge is 2.19. The Morgan fingerprint density at radius 1 is 0.339 bits per heavy atom. The van der Waals surface area contributed by atoms with Crippen LogP contribution in [0.4, 0.5) is 0 Å². The SMILES string of the molecule is CCCCCCCCCCCCCCCCCC(=O)OC[C@H](COC(=O)CCCCCCCCCCC(C)CC)OC(=O)CCCCCCCCCCCCCCCC. The number of esters is 3. The Kier molecular flexibility index (Phi) is 46.2. The normalized spacial score (nSPS) is 12.4. The van der Waals surface area contributed by atoms with Crippen LogP contribution in [0.5, 0.6) is 0 Å². The van der Waals surface area contributed by atoms with E-state index >= 15 is 0 Å². The lowest BCUT2D eigenvalue weighted by Crippen LogP contribution is -2.30. The molecule has 0 heterocycles. The quantitative estimate of drug-likeness (QED) is 0.0345. The molecule has 0 aliphatic rings. The summed E-state index contributed by atoms with van der Waals surface area (Å²) in [6.45, 7) is 9.04. The Balaban J connectivity index is 4.31. The minimum absolute atomic E-state index is 0.0628. The van der Waals surface area contributed by atoms with Crippen molar-refractivity contribution in [1.82, 2.24) is 0 Å². The average Bonchev–Trinajstić information content (AvgIpc) is 3.23. The minimum Gasteiger partial charge on any atom is -0.462 e. The fourth-order valence-electron chi connectivity index (χ4n) is 8.01. The van der Waals surface area contributed by atoms with Gasteiger partial charge in [-0.3, -0.25) is 14.4 Å². The number of carbonyl (C=O) groups is 3. The van der Waals surface area contributed by atoms with Crippen LogP contribution >= 0.6 is 0 Å². The van der Waals surface area contributed by atoms with E-state index in [0.717, 1.165) is 63.7 Å². The molecule has 0 aromatic rings. The smallest absolute Gasteiger partial charge is 0.306 e. The first kappa shape index (κ1) is 57.4. The predicted octanol–water partition coefficient (Wildman–Crippen LogP) is 17.1. The van der Waals surface area contributed by atoms with Gasteiger partial charge in [0.25, 0.3) is 0 Å². The Morgan fingerprint density at radius 2 is 0.593 bits per heavy atom. The third-order valence-corrected chi connectivity index (χ3v) is 12.4. The Labute approximate surface area is 368 Å². The summed E-state index contributed by atoms with van der Waals surface area (Å²) in [4.78, 5) is 38.0. The first-order valence-corrected chi connectivity index (χ1v) is 26.4. The van der Waals surface area contributed by atoms with Crippen LogP contribution in [0.25, 0.3) is 0 Å². The summed E-state index contributed by atoms with van der Waals surface area (Å²) in [7, 11) is 0. The molecular formula is C53H102O6. The van der Waals surface area contributed by atoms with Gasteiger partial charge in [-0.15, -0.1) is 0 Å². The van der Waals surface area contributed by atoms with Crippen molar-refractivity contribution in [2.75, 3.05) is 13.2 Å². The zero-order valence-electron chi connectivity index (χ0n) is 40.2. The van der Waals surface area contributed by atoms with E-state index in [1.807, 2.05) is 0 Å². The lowest BCUT2D eigenvalue weighted by molar-refractivity contribution is -0.167. The molecule has 6 nitrogen and oxygen atoms in total. The molecule has 0 saturated carbocycles. The van der Waals surface area contributed by atoms with Gasteiger partial charge in [-0.25, -0.2) is 0 Å². The summed E-state index contributed by atoms with van der Waals surface area (Å²) in [6.07, 6.45) is 49.3. The molecule has 0 fully saturated rings. The minimum atomic E-state index is -0.761. The maximum atomic E-state index is 12.8. The largest absolute Gasteiger partial charge is 0.462 e. The van der Waals surface area contributed by atoms with Crippen molar-refractivity contribution in [2.45, 2.75) is 303 Å². The van der Waals surface area contributed by atoms with Gasteiger partial charge in [0.15, 0.2) is 6.10 Å². The van der Waals surface area contributed by atoms with Crippen LogP contribution in [0.1, 0.15) is 297 Å². The van der Waals surface area contributed by atoms with Gasteiger partial charge in [0, 0.05) is 19.3 Å². The second-order valence-electron chi connectivity index (χ2n) is 18.4. The van der Waals surface area contributed by atoms with Crippen molar-refractivity contribution in [3.63, 3.8) is 0 Å². The summed E-state index contributed by atoms with van der Waals surface area (Å²) >= 11 is 0. The molecule has 0 aromatic carbocycles. The van der Waals surface area contributed by atoms with Gasteiger partial charge >= 0.3 is 17.9 Å². The fourth-order valence-corrected chi connectivity index (χ4v) is 8.01. The first-order valence-electron chi connectivity index (χ1n) is 26.4. The van der Waals surface area contributed by atoms with Crippen molar-refractivity contribution in [3.05, 3.63) is 0 Å². The third-order valence-electron chi connectivity index (χ3n) is 12.4. The van der Waals surface area contributed by atoms with E-state index in [1.165, 1.54) is 193 Å². The molecule has 0 rings (SSSR count). The standard InChI is InChI=1S/C53H102O6/c1-5-8-10-12-14-16-18-20-22-24-25-27-32-36-40-44-51(54)57-47-50(48-58-52(55)45-41-37-33-30-29-31-35-39-43-49(4)7-3)59-53(56)46-42-38-34-28-26-23-21-19-17-15-13-11-9-6-2/h49-50H,5-48H2,1-4H3/t49?,50-/m1/s1. The molecule has 0 aliphatic carbocycles. The molecule has 0 saturated heterocycles. The average molecular weight is 835 g/mol. The van der Waals surface area contributed by atoms with E-state index in [0.29, 0.717) is 19.3 Å². The second-order valence-corrected chi connectivity index (χ2v) is 18.4. The maximum absolute atomic E-state index is 12.8. The highest BCUT2D eigenvalue weighted by Crippen LogP contribution is 2.18. The van der Waals surface area contributed by atoms with Crippen LogP contribution < -0.4 is 0 Å². The molecule has 59 heavy (non-hydrogen) atoms. The van der Waals surface area contributed by atoms with Crippen LogP contribution in [0.15, 0.2) is 0 Å². The van der Waals surface area contributed by atoms with E-state index in [2.05, 4.69) is 27.7 Å². The Morgan fingerprint density at radius 3 is 0.881 bits per heavy atom. The summed E-state index contributed by atoms with van der Waals surface area (Å²) in [6, 6.07) is 0. The molecule has 0 aromatic heterocycles. The van der Waals surface area contributed by atoms with E-state index < -0.39 is 6.10 Å². The van der Waals surface area contributed by atoms with Crippen molar-refractivity contribution in [3.8, 4) is 0 Å². The van der Waals surface area contributed by atoms with Crippen LogP contribution in [0.3, 0.4) is 0 Å². The van der Waals surface area contributed by atoms with Crippen molar-refractivity contribution in [2.24, 2.45) is 5.92 Å². The van der Waals surface area contributed by atoms with Crippen LogP contribution in [-0.4, -0.2) is 37.2 Å². The molecule has 0 spiro atoms. The number of carbonyl (C=O) groups excluding carboxylic acids is 3. The number of hydrogen-bond donors (Lipinski definition) is 0. The van der Waals surface area contributed by atoms with Gasteiger partial charge in [0.2, 0.25) is 0 Å². The molecular weight excluding hydrogens is 733 g/mol. The monoisotopic (exact) mass is 835 g/mol. The summed E-state index contributed by atoms with van der Waals surface area (Å²) in [5.41, 5.74) is 0. The molecule has 0 amide bonds. The zero-order valence-corrected chi connectivity index (χ0v) is 40.2. The number of rotatable bonds is 48. The highest BCUT2D eigenvalue weighted by atomic mass is 16.6. The molecule has 0 radical (unpaired) electrons. The van der Waals surface area contributed by atoms with E-state index in [4.69, 9.17) is 14.2 Å². The van der Waals surface area contributed by atoms with Gasteiger partial charge < -0.3 is 14.2 Å². The van der Waals surface area contributed by atoms with E-state index in [9.17, 15) is 14.4 Å². The van der Waals surface area contributed by atoms with Gasteiger partial charge in [-0.2, -0.15) is 0 Å². The summed E-state index contributed by atoms with van der Waals surface area (Å²) < 4.78 is 16.8. The molecule has 0 N–H and O–H groups in total. The van der Waals surface area contributed by atoms with E-state index in [-0.39, 0.29) is 31.1 Å². The Bertz CT molecular complexity index is 889. The topological polar surface area (TPSA) is 78.9 Å². The van der Waals surface area contributed by atoms with Crippen LogP contribution in [0.2, 0.25) is 0 Å². The predicted molar refractivity (Wildman–Crippen MR) is 252 cm³/mol. The van der Waals surface area contributed by atoms with Gasteiger partial charge in [-0.05, 0) is 25.2 Å². The van der Waals surface area contributed by atoms with Crippen molar-refractivity contribution < 1.29 is 28.6 Å². The van der Waals surface area contributed by atoms with Gasteiger partial charge in [0.05, 0.1) is 0 Å². The first-order chi connectivity index (χ1) is 28.9. The van der Waals surface area contributed by atoms with Crippen molar-refractivity contribution >= 4 is 17.9 Å². The third kappa shape index (κ3) is 45.8. The number of unbranched alkanes of at least 4 members (excludes halogenated alkanes) is 34. The molecule has 1 unspecified atom stereocenters. The summed E-state index contributed by atoms with van der Waals surface area (Å²) in [5, 5.41) is 0. The fraction of sp³-hybridized carbons (Fsp3) is 0.943.